The standard InChI is InChI=1S/C21H14FN5O2/c22-17-7-6-15(10-23)16(8-17)12-27-13-18(11-24-27)25-21(28)19-9-20(29-26-19)14-4-2-1-3-5-14/h1-9,11,13H,12H2,(H,25,28). The molecule has 4 rings (SSSR count). The van der Waals surface area contributed by atoms with Gasteiger partial charge in [-0.2, -0.15) is 10.4 Å². The average molecular weight is 387 g/mol. The number of amides is 1. The second kappa shape index (κ2) is 7.78. The van der Waals surface area contributed by atoms with Crippen LogP contribution in [0, 0.1) is 17.1 Å². The Balaban J connectivity index is 1.46. The fraction of sp³-hybridized carbons (Fsp3) is 0.0476. The van der Waals surface area contributed by atoms with Crippen LogP contribution in [-0.2, 0) is 6.54 Å². The molecule has 2 aromatic heterocycles. The lowest BCUT2D eigenvalue weighted by Crippen LogP contribution is -2.11. The highest BCUT2D eigenvalue weighted by atomic mass is 19.1. The molecule has 4 aromatic rings. The van der Waals surface area contributed by atoms with Gasteiger partial charge in [0, 0.05) is 17.8 Å². The number of benzene rings is 2. The molecular formula is C21H14FN5O2. The smallest absolute Gasteiger partial charge is 0.277 e. The molecule has 0 radical (unpaired) electrons. The van der Waals surface area contributed by atoms with Gasteiger partial charge in [-0.15, -0.1) is 0 Å². The van der Waals surface area contributed by atoms with E-state index in [1.807, 2.05) is 36.4 Å². The van der Waals surface area contributed by atoms with Crippen LogP contribution < -0.4 is 5.32 Å². The molecule has 0 saturated heterocycles. The quantitative estimate of drug-likeness (QED) is 0.561. The third kappa shape index (κ3) is 4.04. The fourth-order valence-electron chi connectivity index (χ4n) is 2.81. The van der Waals surface area contributed by atoms with E-state index in [0.29, 0.717) is 22.6 Å². The van der Waals surface area contributed by atoms with Gasteiger partial charge in [-0.25, -0.2) is 4.39 Å². The Hall–Kier alpha value is -4.25. The molecule has 0 aliphatic rings. The summed E-state index contributed by atoms with van der Waals surface area (Å²) in [5.74, 6) is -0.388. The minimum absolute atomic E-state index is 0.133. The number of carbonyl (C=O) groups excluding carboxylic acids is 1. The van der Waals surface area contributed by atoms with Gasteiger partial charge in [0.05, 0.1) is 30.1 Å². The van der Waals surface area contributed by atoms with Crippen LogP contribution in [0.5, 0.6) is 0 Å². The highest BCUT2D eigenvalue weighted by Crippen LogP contribution is 2.20. The lowest BCUT2D eigenvalue weighted by molar-refractivity contribution is 0.101. The van der Waals surface area contributed by atoms with Crippen molar-refractivity contribution in [2.75, 3.05) is 5.32 Å². The average Bonchev–Trinajstić information content (AvgIpc) is 3.39. The maximum atomic E-state index is 13.5. The molecule has 2 aromatic carbocycles. The molecule has 7 nitrogen and oxygen atoms in total. The summed E-state index contributed by atoms with van der Waals surface area (Å²) in [4.78, 5) is 12.4. The number of halogens is 1. The number of carbonyl (C=O) groups is 1. The maximum absolute atomic E-state index is 13.5. The van der Waals surface area contributed by atoms with Gasteiger partial charge < -0.3 is 9.84 Å². The second-order valence-corrected chi connectivity index (χ2v) is 6.24. The Bertz CT molecular complexity index is 1210. The predicted molar refractivity (Wildman–Crippen MR) is 102 cm³/mol. The van der Waals surface area contributed by atoms with E-state index in [2.05, 4.69) is 15.6 Å². The Labute approximate surface area is 165 Å². The summed E-state index contributed by atoms with van der Waals surface area (Å²) in [5, 5.41) is 19.8. The Morgan fingerprint density at radius 1 is 1.21 bits per heavy atom. The molecule has 142 valence electrons. The molecule has 2 heterocycles. The van der Waals surface area contributed by atoms with E-state index in [1.165, 1.54) is 29.1 Å². The first-order chi connectivity index (χ1) is 14.1. The van der Waals surface area contributed by atoms with Gasteiger partial charge in [0.1, 0.15) is 5.82 Å². The first-order valence-electron chi connectivity index (χ1n) is 8.67. The summed E-state index contributed by atoms with van der Waals surface area (Å²) in [5.41, 5.74) is 2.25. The number of aromatic nitrogens is 3. The first kappa shape index (κ1) is 18.1. The molecular weight excluding hydrogens is 373 g/mol. The van der Waals surface area contributed by atoms with E-state index in [1.54, 1.807) is 12.3 Å². The van der Waals surface area contributed by atoms with E-state index in [4.69, 9.17) is 9.78 Å². The number of nitrogens with zero attached hydrogens (tertiary/aromatic N) is 4. The van der Waals surface area contributed by atoms with Crippen molar-refractivity contribution in [1.29, 1.82) is 5.26 Å². The Morgan fingerprint density at radius 3 is 2.83 bits per heavy atom. The molecule has 0 unspecified atom stereocenters. The molecule has 1 amide bonds. The summed E-state index contributed by atoms with van der Waals surface area (Å²) in [6.07, 6.45) is 3.05. The summed E-state index contributed by atoms with van der Waals surface area (Å²) in [6.45, 7) is 0.193. The minimum atomic E-state index is -0.445. The molecule has 29 heavy (non-hydrogen) atoms. The van der Waals surface area contributed by atoms with Crippen molar-refractivity contribution in [3.05, 3.63) is 89.6 Å². The molecule has 0 spiro atoms. The largest absolute Gasteiger partial charge is 0.355 e. The number of rotatable bonds is 5. The molecule has 8 heteroatoms. The molecule has 0 aliphatic heterocycles. The maximum Gasteiger partial charge on any atom is 0.277 e. The van der Waals surface area contributed by atoms with Crippen molar-refractivity contribution in [2.45, 2.75) is 6.54 Å². The number of hydrogen-bond acceptors (Lipinski definition) is 5. The first-order valence-corrected chi connectivity index (χ1v) is 8.67. The van der Waals surface area contributed by atoms with E-state index in [-0.39, 0.29) is 12.2 Å². The van der Waals surface area contributed by atoms with Crippen LogP contribution in [0.1, 0.15) is 21.6 Å². The van der Waals surface area contributed by atoms with Gasteiger partial charge in [-0.1, -0.05) is 35.5 Å². The second-order valence-electron chi connectivity index (χ2n) is 6.24. The van der Waals surface area contributed by atoms with Gasteiger partial charge in [-0.05, 0) is 23.8 Å². The van der Waals surface area contributed by atoms with Crippen LogP contribution in [-0.4, -0.2) is 20.8 Å². The molecule has 0 bridgehead atoms. The zero-order valence-electron chi connectivity index (χ0n) is 15.0. The van der Waals surface area contributed by atoms with Crippen LogP contribution in [0.2, 0.25) is 0 Å². The zero-order valence-corrected chi connectivity index (χ0v) is 15.0. The van der Waals surface area contributed by atoms with Crippen molar-refractivity contribution in [3.63, 3.8) is 0 Å². The topological polar surface area (TPSA) is 96.7 Å². The molecule has 0 aliphatic carbocycles. The number of anilines is 1. The van der Waals surface area contributed by atoms with Gasteiger partial charge in [0.2, 0.25) is 0 Å². The summed E-state index contributed by atoms with van der Waals surface area (Å²) >= 11 is 0. The van der Waals surface area contributed by atoms with Crippen LogP contribution >= 0.6 is 0 Å². The van der Waals surface area contributed by atoms with Crippen molar-refractivity contribution >= 4 is 11.6 Å². The monoisotopic (exact) mass is 387 g/mol. The van der Waals surface area contributed by atoms with E-state index in [0.717, 1.165) is 5.56 Å². The van der Waals surface area contributed by atoms with Crippen molar-refractivity contribution in [3.8, 4) is 17.4 Å². The van der Waals surface area contributed by atoms with Crippen molar-refractivity contribution in [2.24, 2.45) is 0 Å². The van der Waals surface area contributed by atoms with Crippen LogP contribution in [0.4, 0.5) is 10.1 Å². The van der Waals surface area contributed by atoms with E-state index >= 15 is 0 Å². The van der Waals surface area contributed by atoms with Crippen molar-refractivity contribution < 1.29 is 13.7 Å². The Morgan fingerprint density at radius 2 is 2.03 bits per heavy atom. The minimum Gasteiger partial charge on any atom is -0.355 e. The van der Waals surface area contributed by atoms with Crippen LogP contribution in [0.15, 0.2) is 71.5 Å². The highest BCUT2D eigenvalue weighted by molar-refractivity contribution is 6.03. The molecule has 1 N–H and O–H groups in total. The van der Waals surface area contributed by atoms with Crippen molar-refractivity contribution in [1.82, 2.24) is 14.9 Å². The lowest BCUT2D eigenvalue weighted by atomic mass is 10.1. The van der Waals surface area contributed by atoms with Gasteiger partial charge in [-0.3, -0.25) is 9.48 Å². The van der Waals surface area contributed by atoms with Crippen LogP contribution in [0.25, 0.3) is 11.3 Å². The summed E-state index contributed by atoms with van der Waals surface area (Å²) < 4.78 is 20.2. The summed E-state index contributed by atoms with van der Waals surface area (Å²) in [7, 11) is 0. The fourth-order valence-corrected chi connectivity index (χ4v) is 2.81. The lowest BCUT2D eigenvalue weighted by Gasteiger charge is -2.04. The zero-order chi connectivity index (χ0) is 20.2. The summed E-state index contributed by atoms with van der Waals surface area (Å²) in [6, 6.07) is 16.8. The van der Waals surface area contributed by atoms with Gasteiger partial charge in [0.15, 0.2) is 11.5 Å². The SMILES string of the molecule is N#Cc1ccc(F)cc1Cn1cc(NC(=O)c2cc(-c3ccccc3)on2)cn1. The highest BCUT2D eigenvalue weighted by Gasteiger charge is 2.15. The molecule has 0 saturated carbocycles. The molecule has 0 atom stereocenters. The Kier molecular flexibility index (Phi) is 4.86. The number of nitrogens with one attached hydrogen (secondary N) is 1. The van der Waals surface area contributed by atoms with Crippen LogP contribution in [0.3, 0.4) is 0 Å². The third-order valence-electron chi connectivity index (χ3n) is 4.21. The number of hydrogen-bond donors (Lipinski definition) is 1. The number of nitriles is 1. The normalized spacial score (nSPS) is 10.5. The van der Waals surface area contributed by atoms with E-state index in [9.17, 15) is 9.18 Å². The predicted octanol–water partition coefficient (Wildman–Crippen LogP) is 3.85. The third-order valence-corrected chi connectivity index (χ3v) is 4.21. The molecule has 0 fully saturated rings. The van der Waals surface area contributed by atoms with E-state index < -0.39 is 11.7 Å². The van der Waals surface area contributed by atoms with Gasteiger partial charge in [0.25, 0.3) is 5.91 Å². The van der Waals surface area contributed by atoms with Gasteiger partial charge >= 0.3 is 0 Å².